The molecule has 0 amide bonds. The molecule has 0 N–H and O–H groups in total. The van der Waals surface area contributed by atoms with Crippen LogP contribution in [0, 0.1) is 0 Å². The average Bonchev–Trinajstić information content (AvgIpc) is 2.71. The Morgan fingerprint density at radius 1 is 1.07 bits per heavy atom. The first-order valence-electron chi connectivity index (χ1n) is 8.58. The average molecular weight is 458 g/mol. The molecule has 0 heterocycles. The van der Waals surface area contributed by atoms with Crippen LogP contribution in [0.4, 0.5) is 0 Å². The van der Waals surface area contributed by atoms with Gasteiger partial charge in [-0.05, 0) is 66.2 Å². The van der Waals surface area contributed by atoms with Crippen LogP contribution in [-0.2, 0) is 6.61 Å². The Bertz CT molecular complexity index is 997. The molecule has 0 radical (unpaired) electrons. The van der Waals surface area contributed by atoms with E-state index < -0.39 is 0 Å². The van der Waals surface area contributed by atoms with Crippen molar-refractivity contribution in [1.29, 1.82) is 0 Å². The molecule has 0 bridgehead atoms. The third kappa shape index (κ3) is 5.47. The molecule has 0 saturated heterocycles. The molecular formula is C23H18BrClO3. The van der Waals surface area contributed by atoms with Crippen LogP contribution in [0.5, 0.6) is 11.5 Å². The predicted molar refractivity (Wildman–Crippen MR) is 116 cm³/mol. The maximum atomic E-state index is 12.3. The molecule has 0 fully saturated rings. The van der Waals surface area contributed by atoms with Crippen LogP contribution >= 0.6 is 27.5 Å². The Morgan fingerprint density at radius 3 is 2.57 bits per heavy atom. The number of benzene rings is 3. The molecular weight excluding hydrogens is 440 g/mol. The maximum absolute atomic E-state index is 12.3. The first kappa shape index (κ1) is 20.2. The smallest absolute Gasteiger partial charge is 0.185 e. The summed E-state index contributed by atoms with van der Waals surface area (Å²) in [6.07, 6.45) is 3.35. The molecule has 0 aliphatic heterocycles. The van der Waals surface area contributed by atoms with Crippen LogP contribution in [0.15, 0.2) is 77.3 Å². The molecule has 0 aliphatic rings. The minimum absolute atomic E-state index is 0.0555. The first-order chi connectivity index (χ1) is 13.5. The van der Waals surface area contributed by atoms with Gasteiger partial charge in [0, 0.05) is 20.6 Å². The van der Waals surface area contributed by atoms with Gasteiger partial charge in [-0.15, -0.1) is 0 Å². The van der Waals surface area contributed by atoms with Crippen molar-refractivity contribution in [3.8, 4) is 11.5 Å². The molecule has 3 rings (SSSR count). The Hall–Kier alpha value is -2.56. The van der Waals surface area contributed by atoms with Gasteiger partial charge in [-0.25, -0.2) is 0 Å². The van der Waals surface area contributed by atoms with Crippen LogP contribution in [0.2, 0.25) is 5.02 Å². The summed E-state index contributed by atoms with van der Waals surface area (Å²) >= 11 is 9.36. The zero-order valence-corrected chi connectivity index (χ0v) is 17.5. The molecule has 3 aromatic rings. The number of carbonyl (C=O) groups excluding carboxylic acids is 1. The van der Waals surface area contributed by atoms with Crippen molar-refractivity contribution < 1.29 is 14.3 Å². The summed E-state index contributed by atoms with van der Waals surface area (Å²) in [5.41, 5.74) is 2.40. The molecule has 3 nitrogen and oxygen atoms in total. The number of allylic oxidation sites excluding steroid dienone is 1. The molecule has 0 unspecified atom stereocenters. The van der Waals surface area contributed by atoms with Gasteiger partial charge in [-0.1, -0.05) is 45.7 Å². The van der Waals surface area contributed by atoms with E-state index >= 15 is 0 Å². The fourth-order valence-electron chi connectivity index (χ4n) is 2.62. The summed E-state index contributed by atoms with van der Waals surface area (Å²) in [5, 5.41) is 0.618. The van der Waals surface area contributed by atoms with E-state index in [-0.39, 0.29) is 5.78 Å². The van der Waals surface area contributed by atoms with E-state index in [4.69, 9.17) is 21.1 Å². The highest BCUT2D eigenvalue weighted by molar-refractivity contribution is 9.10. The Balaban J connectivity index is 1.74. The number of ketones is 1. The van der Waals surface area contributed by atoms with Gasteiger partial charge in [0.2, 0.25) is 0 Å². The SMILES string of the molecule is COc1ccc(/C=C/C(=O)c2ccc(Br)cc2)cc1COc1cccc(Cl)c1. The number of rotatable bonds is 7. The first-order valence-corrected chi connectivity index (χ1v) is 9.75. The molecule has 0 atom stereocenters. The Kier molecular flexibility index (Phi) is 6.90. The summed E-state index contributed by atoms with van der Waals surface area (Å²) < 4.78 is 12.2. The lowest BCUT2D eigenvalue weighted by atomic mass is 10.1. The van der Waals surface area contributed by atoms with E-state index in [9.17, 15) is 4.79 Å². The summed E-state index contributed by atoms with van der Waals surface area (Å²) in [4.78, 5) is 12.3. The highest BCUT2D eigenvalue weighted by atomic mass is 79.9. The summed E-state index contributed by atoms with van der Waals surface area (Å²) in [5.74, 6) is 1.35. The quantitative estimate of drug-likeness (QED) is 0.297. The number of carbonyl (C=O) groups is 1. The molecule has 0 spiro atoms. The highest BCUT2D eigenvalue weighted by Crippen LogP contribution is 2.24. The van der Waals surface area contributed by atoms with E-state index in [2.05, 4.69) is 15.9 Å². The molecule has 3 aromatic carbocycles. The topological polar surface area (TPSA) is 35.5 Å². The maximum Gasteiger partial charge on any atom is 0.185 e. The van der Waals surface area contributed by atoms with E-state index in [1.54, 1.807) is 43.5 Å². The lowest BCUT2D eigenvalue weighted by Crippen LogP contribution is -1.99. The molecule has 142 valence electrons. The summed E-state index contributed by atoms with van der Waals surface area (Å²) in [6.45, 7) is 0.325. The van der Waals surface area contributed by atoms with Crippen molar-refractivity contribution in [1.82, 2.24) is 0 Å². The second kappa shape index (κ2) is 9.58. The van der Waals surface area contributed by atoms with Crippen LogP contribution < -0.4 is 9.47 Å². The molecule has 0 aromatic heterocycles. The predicted octanol–water partition coefficient (Wildman–Crippen LogP) is 6.59. The number of hydrogen-bond donors (Lipinski definition) is 0. The standard InChI is InChI=1S/C23H18BrClO3/c1-27-23-12-6-16(5-11-22(26)17-7-9-19(24)10-8-17)13-18(23)15-28-21-4-2-3-20(25)14-21/h2-14H,15H2,1H3/b11-5+. The number of ether oxygens (including phenoxy) is 2. The Morgan fingerprint density at radius 2 is 1.86 bits per heavy atom. The van der Waals surface area contributed by atoms with E-state index in [1.165, 1.54) is 0 Å². The van der Waals surface area contributed by atoms with Crippen molar-refractivity contribution >= 4 is 39.4 Å². The van der Waals surface area contributed by atoms with Gasteiger partial charge in [0.15, 0.2) is 5.78 Å². The van der Waals surface area contributed by atoms with Crippen LogP contribution in [0.3, 0.4) is 0 Å². The van der Waals surface area contributed by atoms with Gasteiger partial charge in [0.05, 0.1) is 7.11 Å². The fraction of sp³-hybridized carbons (Fsp3) is 0.0870. The molecule has 0 aliphatic carbocycles. The van der Waals surface area contributed by atoms with Gasteiger partial charge in [-0.2, -0.15) is 0 Å². The Labute approximate surface area is 177 Å². The van der Waals surface area contributed by atoms with E-state index in [0.29, 0.717) is 22.9 Å². The lowest BCUT2D eigenvalue weighted by molar-refractivity contribution is 0.104. The molecule has 0 saturated carbocycles. The largest absolute Gasteiger partial charge is 0.496 e. The zero-order chi connectivity index (χ0) is 19.9. The van der Waals surface area contributed by atoms with Crippen molar-refractivity contribution in [2.24, 2.45) is 0 Å². The zero-order valence-electron chi connectivity index (χ0n) is 15.2. The van der Waals surface area contributed by atoms with Gasteiger partial charge in [-0.3, -0.25) is 4.79 Å². The normalized spacial score (nSPS) is 10.8. The van der Waals surface area contributed by atoms with Crippen molar-refractivity contribution in [3.63, 3.8) is 0 Å². The molecule has 5 heteroatoms. The van der Waals surface area contributed by atoms with E-state index in [1.807, 2.05) is 42.5 Å². The van der Waals surface area contributed by atoms with Gasteiger partial charge in [0.25, 0.3) is 0 Å². The van der Waals surface area contributed by atoms with Crippen LogP contribution in [0.25, 0.3) is 6.08 Å². The molecule has 28 heavy (non-hydrogen) atoms. The van der Waals surface area contributed by atoms with Crippen LogP contribution in [-0.4, -0.2) is 12.9 Å². The monoisotopic (exact) mass is 456 g/mol. The summed E-state index contributed by atoms with van der Waals surface area (Å²) in [7, 11) is 1.62. The van der Waals surface area contributed by atoms with Crippen LogP contribution in [0.1, 0.15) is 21.5 Å². The minimum atomic E-state index is -0.0555. The second-order valence-electron chi connectivity index (χ2n) is 6.02. The third-order valence-corrected chi connectivity index (χ3v) is 4.81. The second-order valence-corrected chi connectivity index (χ2v) is 7.37. The van der Waals surface area contributed by atoms with Gasteiger partial charge >= 0.3 is 0 Å². The minimum Gasteiger partial charge on any atom is -0.496 e. The van der Waals surface area contributed by atoms with E-state index in [0.717, 1.165) is 21.3 Å². The fourth-order valence-corrected chi connectivity index (χ4v) is 3.06. The van der Waals surface area contributed by atoms with Gasteiger partial charge in [0.1, 0.15) is 18.1 Å². The third-order valence-electron chi connectivity index (χ3n) is 4.05. The number of halogens is 2. The van der Waals surface area contributed by atoms with Crippen molar-refractivity contribution in [3.05, 3.63) is 99.0 Å². The summed E-state index contributed by atoms with van der Waals surface area (Å²) in [6, 6.07) is 20.2. The number of hydrogen-bond acceptors (Lipinski definition) is 3. The van der Waals surface area contributed by atoms with Gasteiger partial charge < -0.3 is 9.47 Å². The van der Waals surface area contributed by atoms with Crippen molar-refractivity contribution in [2.45, 2.75) is 6.61 Å². The van der Waals surface area contributed by atoms with Crippen molar-refractivity contribution in [2.75, 3.05) is 7.11 Å². The lowest BCUT2D eigenvalue weighted by Gasteiger charge is -2.11. The number of methoxy groups -OCH3 is 1. The highest BCUT2D eigenvalue weighted by Gasteiger charge is 2.06.